The number of nitrogens with one attached hydrogen (secondary N) is 2. The molecule has 6 heteroatoms. The predicted molar refractivity (Wildman–Crippen MR) is 78.8 cm³/mol. The maximum Gasteiger partial charge on any atom is 0.271 e. The molecule has 0 saturated carbocycles. The van der Waals surface area contributed by atoms with Crippen LogP contribution in [0.4, 0.5) is 5.82 Å². The summed E-state index contributed by atoms with van der Waals surface area (Å²) < 4.78 is 0. The van der Waals surface area contributed by atoms with Gasteiger partial charge in [-0.25, -0.2) is 0 Å². The second-order valence-electron chi connectivity index (χ2n) is 5.07. The third-order valence-electron chi connectivity index (χ3n) is 3.56. The van der Waals surface area contributed by atoms with Crippen molar-refractivity contribution < 1.29 is 4.79 Å². The molecular formula is C14H23N5O. The zero-order chi connectivity index (χ0) is 14.2. The summed E-state index contributed by atoms with van der Waals surface area (Å²) >= 11 is 0. The van der Waals surface area contributed by atoms with E-state index in [0.29, 0.717) is 11.5 Å². The highest BCUT2D eigenvalue weighted by Gasteiger charge is 2.09. The number of likely N-dealkylation sites (tertiary alicyclic amines) is 1. The minimum Gasteiger partial charge on any atom is -0.367 e. The fraction of sp³-hybridized carbons (Fsp3) is 0.643. The lowest BCUT2D eigenvalue weighted by molar-refractivity contribution is 0.0957. The van der Waals surface area contributed by atoms with Gasteiger partial charge in [0.15, 0.2) is 5.69 Å². The molecule has 110 valence electrons. The number of hydrogen-bond donors (Lipinski definition) is 2. The lowest BCUT2D eigenvalue weighted by Crippen LogP contribution is -2.30. The molecule has 0 aliphatic carbocycles. The van der Waals surface area contributed by atoms with Crippen LogP contribution < -0.4 is 10.6 Å². The quantitative estimate of drug-likeness (QED) is 0.844. The van der Waals surface area contributed by atoms with Gasteiger partial charge in [-0.3, -0.25) is 4.79 Å². The van der Waals surface area contributed by atoms with E-state index in [0.717, 1.165) is 13.1 Å². The molecule has 1 fully saturated rings. The third kappa shape index (κ3) is 4.45. The SMILES string of the molecule is CNC(=O)c1ccc(NCCN2CCCCCC2)nn1. The Kier molecular flexibility index (Phi) is 5.73. The van der Waals surface area contributed by atoms with Gasteiger partial charge < -0.3 is 15.5 Å². The molecule has 0 spiro atoms. The van der Waals surface area contributed by atoms with E-state index in [1.54, 1.807) is 19.2 Å². The molecule has 2 N–H and O–H groups in total. The van der Waals surface area contributed by atoms with E-state index in [1.807, 2.05) is 0 Å². The highest BCUT2D eigenvalue weighted by molar-refractivity contribution is 5.91. The van der Waals surface area contributed by atoms with Crippen LogP contribution in [0, 0.1) is 0 Å². The average molecular weight is 277 g/mol. The smallest absolute Gasteiger partial charge is 0.271 e. The van der Waals surface area contributed by atoms with Gasteiger partial charge in [0.2, 0.25) is 0 Å². The molecule has 0 radical (unpaired) electrons. The first-order valence-electron chi connectivity index (χ1n) is 7.31. The van der Waals surface area contributed by atoms with Gasteiger partial charge in [-0.1, -0.05) is 12.8 Å². The molecule has 2 heterocycles. The largest absolute Gasteiger partial charge is 0.367 e. The fourth-order valence-corrected chi connectivity index (χ4v) is 2.38. The van der Waals surface area contributed by atoms with Crippen molar-refractivity contribution in [2.45, 2.75) is 25.7 Å². The minimum atomic E-state index is -0.214. The van der Waals surface area contributed by atoms with Crippen LogP contribution in [0.5, 0.6) is 0 Å². The first-order chi connectivity index (χ1) is 9.79. The highest BCUT2D eigenvalue weighted by atomic mass is 16.1. The normalized spacial score (nSPS) is 16.4. The molecular weight excluding hydrogens is 254 g/mol. The lowest BCUT2D eigenvalue weighted by atomic mass is 10.2. The minimum absolute atomic E-state index is 0.214. The Hall–Kier alpha value is -1.69. The molecule has 1 aromatic rings. The summed E-state index contributed by atoms with van der Waals surface area (Å²) in [4.78, 5) is 13.8. The summed E-state index contributed by atoms with van der Waals surface area (Å²) in [6.45, 7) is 4.28. The van der Waals surface area contributed by atoms with E-state index >= 15 is 0 Å². The van der Waals surface area contributed by atoms with Gasteiger partial charge in [0.1, 0.15) is 5.82 Å². The zero-order valence-corrected chi connectivity index (χ0v) is 12.1. The van der Waals surface area contributed by atoms with Gasteiger partial charge >= 0.3 is 0 Å². The summed E-state index contributed by atoms with van der Waals surface area (Å²) in [5, 5.41) is 13.7. The second kappa shape index (κ2) is 7.79. The van der Waals surface area contributed by atoms with Crippen molar-refractivity contribution in [2.24, 2.45) is 0 Å². The van der Waals surface area contributed by atoms with Crippen LogP contribution in [0.2, 0.25) is 0 Å². The zero-order valence-electron chi connectivity index (χ0n) is 12.1. The average Bonchev–Trinajstić information content (AvgIpc) is 2.76. The first-order valence-corrected chi connectivity index (χ1v) is 7.31. The van der Waals surface area contributed by atoms with Crippen LogP contribution in [-0.2, 0) is 0 Å². The van der Waals surface area contributed by atoms with Crippen molar-refractivity contribution in [1.82, 2.24) is 20.4 Å². The summed E-state index contributed by atoms with van der Waals surface area (Å²) in [5.74, 6) is 0.501. The van der Waals surface area contributed by atoms with E-state index in [9.17, 15) is 4.79 Å². The second-order valence-corrected chi connectivity index (χ2v) is 5.07. The third-order valence-corrected chi connectivity index (χ3v) is 3.56. The van der Waals surface area contributed by atoms with E-state index in [-0.39, 0.29) is 5.91 Å². The van der Waals surface area contributed by atoms with Gasteiger partial charge in [-0.05, 0) is 38.1 Å². The summed E-state index contributed by atoms with van der Waals surface area (Å²) in [7, 11) is 1.58. The summed E-state index contributed by atoms with van der Waals surface area (Å²) in [5.41, 5.74) is 0.338. The van der Waals surface area contributed by atoms with Gasteiger partial charge in [0.05, 0.1) is 0 Å². The maximum atomic E-state index is 11.3. The molecule has 1 aliphatic heterocycles. The number of rotatable bonds is 5. The molecule has 1 saturated heterocycles. The Bertz CT molecular complexity index is 412. The van der Waals surface area contributed by atoms with Gasteiger partial charge in [-0.2, -0.15) is 0 Å². The molecule has 6 nitrogen and oxygen atoms in total. The van der Waals surface area contributed by atoms with Crippen LogP contribution in [0.25, 0.3) is 0 Å². The van der Waals surface area contributed by atoms with Crippen molar-refractivity contribution >= 4 is 11.7 Å². The van der Waals surface area contributed by atoms with Crippen molar-refractivity contribution in [3.63, 3.8) is 0 Å². The van der Waals surface area contributed by atoms with Crippen LogP contribution >= 0.6 is 0 Å². The molecule has 2 rings (SSSR count). The van der Waals surface area contributed by atoms with Crippen molar-refractivity contribution in [3.05, 3.63) is 17.8 Å². The van der Waals surface area contributed by atoms with Gasteiger partial charge in [0, 0.05) is 20.1 Å². The van der Waals surface area contributed by atoms with Gasteiger partial charge in [0.25, 0.3) is 5.91 Å². The Morgan fingerprint density at radius 2 is 1.95 bits per heavy atom. The molecule has 20 heavy (non-hydrogen) atoms. The molecule has 0 atom stereocenters. The van der Waals surface area contributed by atoms with Crippen molar-refractivity contribution in [2.75, 3.05) is 38.5 Å². The standard InChI is InChI=1S/C14H23N5O/c1-15-14(20)12-6-7-13(18-17-12)16-8-11-19-9-4-2-3-5-10-19/h6-7H,2-5,8-11H2,1H3,(H,15,20)(H,16,18). The van der Waals surface area contributed by atoms with E-state index < -0.39 is 0 Å². The highest BCUT2D eigenvalue weighted by Crippen LogP contribution is 2.09. The molecule has 0 aromatic carbocycles. The maximum absolute atomic E-state index is 11.3. The summed E-state index contributed by atoms with van der Waals surface area (Å²) in [6, 6.07) is 3.47. The number of carbonyl (C=O) groups excluding carboxylic acids is 1. The monoisotopic (exact) mass is 277 g/mol. The van der Waals surface area contributed by atoms with Crippen LogP contribution in [0.15, 0.2) is 12.1 Å². The number of nitrogens with zero attached hydrogens (tertiary/aromatic N) is 3. The molecule has 0 unspecified atom stereocenters. The Balaban J connectivity index is 1.74. The van der Waals surface area contributed by atoms with E-state index in [1.165, 1.54) is 38.8 Å². The molecule has 1 aliphatic rings. The summed E-state index contributed by atoms with van der Waals surface area (Å²) in [6.07, 6.45) is 5.33. The van der Waals surface area contributed by atoms with Crippen LogP contribution in [-0.4, -0.2) is 54.2 Å². The number of amides is 1. The Morgan fingerprint density at radius 3 is 2.55 bits per heavy atom. The predicted octanol–water partition coefficient (Wildman–Crippen LogP) is 1.12. The van der Waals surface area contributed by atoms with Crippen LogP contribution in [0.3, 0.4) is 0 Å². The molecule has 1 aromatic heterocycles. The number of carbonyl (C=O) groups is 1. The lowest BCUT2D eigenvalue weighted by Gasteiger charge is -2.19. The van der Waals surface area contributed by atoms with Crippen LogP contribution in [0.1, 0.15) is 36.2 Å². The van der Waals surface area contributed by atoms with E-state index in [2.05, 4.69) is 25.7 Å². The van der Waals surface area contributed by atoms with Crippen molar-refractivity contribution in [1.29, 1.82) is 0 Å². The Labute approximate surface area is 120 Å². The topological polar surface area (TPSA) is 70.2 Å². The molecule has 1 amide bonds. The number of hydrogen-bond acceptors (Lipinski definition) is 5. The fourth-order valence-electron chi connectivity index (χ4n) is 2.38. The van der Waals surface area contributed by atoms with Gasteiger partial charge in [-0.15, -0.1) is 10.2 Å². The first kappa shape index (κ1) is 14.7. The Morgan fingerprint density at radius 1 is 1.20 bits per heavy atom. The number of aromatic nitrogens is 2. The number of anilines is 1. The molecule has 0 bridgehead atoms. The van der Waals surface area contributed by atoms with E-state index in [4.69, 9.17) is 0 Å². The van der Waals surface area contributed by atoms with Crippen molar-refractivity contribution in [3.8, 4) is 0 Å².